The Morgan fingerprint density at radius 2 is 2.04 bits per heavy atom. The van der Waals surface area contributed by atoms with E-state index in [1.807, 2.05) is 42.5 Å². The summed E-state index contributed by atoms with van der Waals surface area (Å²) in [5, 5.41) is 6.68. The van der Waals surface area contributed by atoms with E-state index in [-0.39, 0.29) is 29.6 Å². The number of hydrogen-bond donors (Lipinski definition) is 2. The van der Waals surface area contributed by atoms with Gasteiger partial charge in [0.25, 0.3) is 0 Å². The molecule has 0 spiro atoms. The smallest absolute Gasteiger partial charge is 0.213 e. The third-order valence-electron chi connectivity index (χ3n) is 4.64. The predicted molar refractivity (Wildman–Crippen MR) is 122 cm³/mol. The highest BCUT2D eigenvalue weighted by Crippen LogP contribution is 2.23. The van der Waals surface area contributed by atoms with Crippen LogP contribution in [-0.2, 0) is 17.9 Å². The maximum Gasteiger partial charge on any atom is 0.213 e. The van der Waals surface area contributed by atoms with E-state index in [1.54, 1.807) is 13.2 Å². The summed E-state index contributed by atoms with van der Waals surface area (Å²) >= 11 is 0. The predicted octanol–water partition coefficient (Wildman–Crippen LogP) is 3.51. The quantitative estimate of drug-likeness (QED) is 0.349. The molecule has 1 saturated heterocycles. The monoisotopic (exact) mass is 496 g/mol. The van der Waals surface area contributed by atoms with Gasteiger partial charge in [-0.25, -0.2) is 4.98 Å². The van der Waals surface area contributed by atoms with E-state index in [0.717, 1.165) is 43.1 Å². The average molecular weight is 496 g/mol. The number of ether oxygens (including phenoxy) is 2. The van der Waals surface area contributed by atoms with Crippen molar-refractivity contribution in [2.45, 2.75) is 38.5 Å². The number of halogens is 1. The first-order chi connectivity index (χ1) is 13.2. The van der Waals surface area contributed by atoms with Crippen molar-refractivity contribution in [3.05, 3.63) is 59.8 Å². The van der Waals surface area contributed by atoms with Crippen LogP contribution >= 0.6 is 24.0 Å². The fraction of sp³-hybridized carbons (Fsp3) is 0.429. The summed E-state index contributed by atoms with van der Waals surface area (Å²) in [6.45, 7) is 4.87. The minimum Gasteiger partial charge on any atom is -0.473 e. The summed E-state index contributed by atoms with van der Waals surface area (Å²) in [5.74, 6) is 1.38. The topological polar surface area (TPSA) is 67.8 Å². The molecule has 0 aliphatic carbocycles. The van der Waals surface area contributed by atoms with Crippen LogP contribution in [0.4, 0.5) is 0 Å². The Bertz CT molecular complexity index is 749. The molecule has 1 fully saturated rings. The maximum absolute atomic E-state index is 5.81. The number of aromatic nitrogens is 1. The zero-order chi connectivity index (χ0) is 19.0. The van der Waals surface area contributed by atoms with E-state index in [0.29, 0.717) is 19.0 Å². The highest BCUT2D eigenvalue weighted by atomic mass is 127. The van der Waals surface area contributed by atoms with Crippen molar-refractivity contribution in [2.75, 3.05) is 20.2 Å². The molecule has 28 heavy (non-hydrogen) atoms. The molecule has 1 aliphatic rings. The Kier molecular flexibility index (Phi) is 8.98. The van der Waals surface area contributed by atoms with E-state index < -0.39 is 0 Å². The zero-order valence-corrected chi connectivity index (χ0v) is 18.8. The second-order valence-corrected chi connectivity index (χ2v) is 6.96. The van der Waals surface area contributed by atoms with Gasteiger partial charge in [-0.05, 0) is 37.0 Å². The number of aliphatic imine (C=N–C) groups is 1. The lowest BCUT2D eigenvalue weighted by molar-refractivity contribution is 0.0243. The highest BCUT2D eigenvalue weighted by Gasteiger charge is 2.29. The molecule has 1 unspecified atom stereocenters. The van der Waals surface area contributed by atoms with E-state index >= 15 is 0 Å². The number of guanidine groups is 1. The molecule has 7 heteroatoms. The lowest BCUT2D eigenvalue weighted by atomic mass is 10.0. The van der Waals surface area contributed by atoms with Crippen molar-refractivity contribution >= 4 is 29.9 Å². The largest absolute Gasteiger partial charge is 0.473 e. The molecule has 0 saturated carbocycles. The van der Waals surface area contributed by atoms with Gasteiger partial charge in [0, 0.05) is 39.0 Å². The molecule has 0 bridgehead atoms. The molecule has 1 aliphatic heterocycles. The molecule has 2 N–H and O–H groups in total. The molecule has 1 aromatic heterocycles. The van der Waals surface area contributed by atoms with Gasteiger partial charge in [-0.2, -0.15) is 0 Å². The zero-order valence-electron chi connectivity index (χ0n) is 16.5. The first-order valence-electron chi connectivity index (χ1n) is 9.37. The van der Waals surface area contributed by atoms with Gasteiger partial charge in [-0.1, -0.05) is 30.3 Å². The number of nitrogens with one attached hydrogen (secondary N) is 2. The third kappa shape index (κ3) is 6.94. The molecule has 6 nitrogen and oxygen atoms in total. The lowest BCUT2D eigenvalue weighted by Gasteiger charge is -2.24. The highest BCUT2D eigenvalue weighted by molar-refractivity contribution is 14.0. The van der Waals surface area contributed by atoms with Gasteiger partial charge in [0.2, 0.25) is 5.88 Å². The molecule has 2 heterocycles. The fourth-order valence-electron chi connectivity index (χ4n) is 3.02. The lowest BCUT2D eigenvalue weighted by Crippen LogP contribution is -2.45. The van der Waals surface area contributed by atoms with Gasteiger partial charge in [-0.15, -0.1) is 24.0 Å². The van der Waals surface area contributed by atoms with Gasteiger partial charge >= 0.3 is 0 Å². The van der Waals surface area contributed by atoms with Gasteiger partial charge in [0.15, 0.2) is 5.96 Å². The summed E-state index contributed by atoms with van der Waals surface area (Å²) in [5.41, 5.74) is 2.10. The molecule has 0 amide bonds. The summed E-state index contributed by atoms with van der Waals surface area (Å²) in [6, 6.07) is 14.0. The molecular weight excluding hydrogens is 467 g/mol. The Hall–Kier alpha value is -1.87. The Morgan fingerprint density at radius 3 is 2.75 bits per heavy atom. The van der Waals surface area contributed by atoms with Crippen LogP contribution in [0.1, 0.15) is 30.9 Å². The van der Waals surface area contributed by atoms with Crippen LogP contribution in [0.3, 0.4) is 0 Å². The first kappa shape index (κ1) is 22.4. The number of pyridine rings is 1. The molecule has 3 rings (SSSR count). The molecular formula is C21H29IN4O2. The van der Waals surface area contributed by atoms with Crippen LogP contribution in [0.15, 0.2) is 53.7 Å². The average Bonchev–Trinajstić information content (AvgIpc) is 3.14. The summed E-state index contributed by atoms with van der Waals surface area (Å²) in [7, 11) is 1.77. The van der Waals surface area contributed by atoms with Gasteiger partial charge < -0.3 is 20.1 Å². The van der Waals surface area contributed by atoms with Crippen LogP contribution in [0.25, 0.3) is 0 Å². The molecule has 152 valence electrons. The van der Waals surface area contributed by atoms with Crippen LogP contribution in [0, 0.1) is 0 Å². The van der Waals surface area contributed by atoms with Crippen molar-refractivity contribution in [3.63, 3.8) is 0 Å². The van der Waals surface area contributed by atoms with Gasteiger partial charge in [0.05, 0.1) is 5.60 Å². The van der Waals surface area contributed by atoms with Crippen LogP contribution in [-0.4, -0.2) is 36.7 Å². The number of benzene rings is 1. The number of hydrogen-bond acceptors (Lipinski definition) is 4. The van der Waals surface area contributed by atoms with Crippen LogP contribution < -0.4 is 15.4 Å². The standard InChI is InChI=1S/C21H28N4O2.HI/c1-21(10-6-12-27-21)16-25-20(22-2)24-14-18-9-11-23-19(13-18)26-15-17-7-4-3-5-8-17;/h3-5,7-9,11,13H,6,10,12,14-16H2,1-2H3,(H2,22,24,25);1H. The summed E-state index contributed by atoms with van der Waals surface area (Å²) < 4.78 is 11.6. The van der Waals surface area contributed by atoms with E-state index in [9.17, 15) is 0 Å². The maximum atomic E-state index is 5.81. The summed E-state index contributed by atoms with van der Waals surface area (Å²) in [4.78, 5) is 8.57. The fourth-order valence-corrected chi connectivity index (χ4v) is 3.02. The minimum atomic E-state index is -0.104. The summed E-state index contributed by atoms with van der Waals surface area (Å²) in [6.07, 6.45) is 3.96. The van der Waals surface area contributed by atoms with Gasteiger partial charge in [-0.3, -0.25) is 4.99 Å². The number of nitrogens with zero attached hydrogens (tertiary/aromatic N) is 2. The van der Waals surface area contributed by atoms with E-state index in [2.05, 4.69) is 27.5 Å². The van der Waals surface area contributed by atoms with E-state index in [1.165, 1.54) is 0 Å². The SMILES string of the molecule is CN=C(NCc1ccnc(OCc2ccccc2)c1)NCC1(C)CCCO1.I. The van der Waals surface area contributed by atoms with E-state index in [4.69, 9.17) is 9.47 Å². The third-order valence-corrected chi connectivity index (χ3v) is 4.64. The molecule has 1 aromatic carbocycles. The molecule has 1 atom stereocenters. The molecule has 2 aromatic rings. The van der Waals surface area contributed by atoms with Crippen molar-refractivity contribution in [2.24, 2.45) is 4.99 Å². The van der Waals surface area contributed by atoms with Crippen molar-refractivity contribution in [1.29, 1.82) is 0 Å². The second-order valence-electron chi connectivity index (χ2n) is 6.96. The first-order valence-corrected chi connectivity index (χ1v) is 9.37. The van der Waals surface area contributed by atoms with Crippen molar-refractivity contribution < 1.29 is 9.47 Å². The Balaban J connectivity index is 0.00000280. The van der Waals surface area contributed by atoms with Crippen LogP contribution in [0.5, 0.6) is 5.88 Å². The Morgan fingerprint density at radius 1 is 1.21 bits per heavy atom. The van der Waals surface area contributed by atoms with Gasteiger partial charge in [0.1, 0.15) is 6.61 Å². The van der Waals surface area contributed by atoms with Crippen molar-refractivity contribution in [3.8, 4) is 5.88 Å². The normalized spacial score (nSPS) is 19.0. The van der Waals surface area contributed by atoms with Crippen LogP contribution in [0.2, 0.25) is 0 Å². The molecule has 0 radical (unpaired) electrons. The second kappa shape index (κ2) is 11.2. The minimum absolute atomic E-state index is 0. The Labute approximate surface area is 184 Å². The van der Waals surface area contributed by atoms with Crippen molar-refractivity contribution in [1.82, 2.24) is 15.6 Å². The number of rotatable bonds is 7.